The van der Waals surface area contributed by atoms with Gasteiger partial charge >= 0.3 is 0 Å². The van der Waals surface area contributed by atoms with E-state index in [0.29, 0.717) is 8.64 Å². The Morgan fingerprint density at radius 1 is 1.21 bits per heavy atom. The van der Waals surface area contributed by atoms with Crippen molar-refractivity contribution in [2.45, 2.75) is 6.92 Å². The van der Waals surface area contributed by atoms with E-state index in [4.69, 9.17) is 24.4 Å². The van der Waals surface area contributed by atoms with Crippen LogP contribution >= 0.6 is 46.0 Å². The molecular weight excluding hydrogens is 376 g/mol. The smallest absolute Gasteiger partial charge is 0.152 e. The number of nitrogens with zero attached hydrogens (tertiary/aromatic N) is 4. The molecule has 1 aromatic rings. The van der Waals surface area contributed by atoms with Crippen molar-refractivity contribution in [3.8, 4) is 11.8 Å². The standard InChI is InChI=1S/C16H18N4S4/c1-5-6-13(7-10-17-2)19(3)15(21)23-24-16(22)20(4)14-8-11-18-12-9-14/h7-12H,1-4H3. The van der Waals surface area contributed by atoms with E-state index < -0.39 is 0 Å². The summed E-state index contributed by atoms with van der Waals surface area (Å²) in [5, 5.41) is 0. The van der Waals surface area contributed by atoms with Gasteiger partial charge in [0, 0.05) is 45.4 Å². The zero-order chi connectivity index (χ0) is 17.9. The lowest BCUT2D eigenvalue weighted by molar-refractivity contribution is 0.681. The first-order valence-electron chi connectivity index (χ1n) is 6.86. The SMILES string of the molecule is CC#CC(=CC=NC)N(C)C(=S)SSC(=S)N(C)c1ccncc1. The van der Waals surface area contributed by atoms with Crippen LogP contribution in [0.1, 0.15) is 6.92 Å². The number of aliphatic imine (C=N–C) groups is 1. The van der Waals surface area contributed by atoms with Crippen LogP contribution in [0.25, 0.3) is 0 Å². The number of hydrogen-bond acceptors (Lipinski definition) is 6. The van der Waals surface area contributed by atoms with E-state index >= 15 is 0 Å². The molecule has 4 nitrogen and oxygen atoms in total. The van der Waals surface area contributed by atoms with Gasteiger partial charge in [-0.15, -0.1) is 0 Å². The molecule has 0 aliphatic carbocycles. The molecule has 8 heteroatoms. The highest BCUT2D eigenvalue weighted by molar-refractivity contribution is 8.89. The first kappa shape index (κ1) is 20.6. The third kappa shape index (κ3) is 6.61. The molecule has 0 aromatic carbocycles. The van der Waals surface area contributed by atoms with Gasteiger partial charge in [0.15, 0.2) is 8.64 Å². The Kier molecular flexibility index (Phi) is 9.64. The van der Waals surface area contributed by atoms with E-state index in [0.717, 1.165) is 11.4 Å². The Bertz CT molecular complexity index is 689. The maximum Gasteiger partial charge on any atom is 0.152 e. The molecule has 0 amide bonds. The maximum absolute atomic E-state index is 5.47. The second-order valence-electron chi connectivity index (χ2n) is 4.36. The van der Waals surface area contributed by atoms with Crippen molar-refractivity contribution in [1.29, 1.82) is 0 Å². The summed E-state index contributed by atoms with van der Waals surface area (Å²) in [5.74, 6) is 5.90. The Hall–Kier alpha value is -1.40. The summed E-state index contributed by atoms with van der Waals surface area (Å²) in [7, 11) is 8.38. The number of allylic oxidation sites excluding steroid dienone is 2. The van der Waals surface area contributed by atoms with E-state index in [2.05, 4.69) is 21.8 Å². The van der Waals surface area contributed by atoms with Crippen molar-refractivity contribution < 1.29 is 0 Å². The number of hydrogen-bond donors (Lipinski definition) is 0. The molecule has 0 saturated carbocycles. The first-order chi connectivity index (χ1) is 11.5. The van der Waals surface area contributed by atoms with Gasteiger partial charge in [0.25, 0.3) is 0 Å². The fraction of sp³-hybridized carbons (Fsp3) is 0.250. The van der Waals surface area contributed by atoms with Crippen molar-refractivity contribution in [1.82, 2.24) is 9.88 Å². The van der Waals surface area contributed by atoms with Crippen molar-refractivity contribution in [2.75, 3.05) is 26.0 Å². The van der Waals surface area contributed by atoms with Gasteiger partial charge < -0.3 is 9.80 Å². The topological polar surface area (TPSA) is 31.7 Å². The summed E-state index contributed by atoms with van der Waals surface area (Å²) in [4.78, 5) is 11.7. The summed E-state index contributed by atoms with van der Waals surface area (Å²) in [6.07, 6.45) is 6.99. The van der Waals surface area contributed by atoms with Gasteiger partial charge in [-0.3, -0.25) is 9.98 Å². The molecule has 1 heterocycles. The average molecular weight is 395 g/mol. The molecule has 1 rings (SSSR count). The van der Waals surface area contributed by atoms with Crippen LogP contribution in [0, 0.1) is 11.8 Å². The second kappa shape index (κ2) is 11.2. The zero-order valence-corrected chi connectivity index (χ0v) is 17.2. The molecule has 24 heavy (non-hydrogen) atoms. The van der Waals surface area contributed by atoms with Gasteiger partial charge in [-0.05, 0) is 52.6 Å². The fourth-order valence-corrected chi connectivity index (χ4v) is 3.95. The predicted molar refractivity (Wildman–Crippen MR) is 117 cm³/mol. The molecule has 0 unspecified atom stereocenters. The minimum atomic E-state index is 0.670. The van der Waals surface area contributed by atoms with Crippen molar-refractivity contribution in [3.05, 3.63) is 36.3 Å². The quantitative estimate of drug-likeness (QED) is 0.331. The maximum atomic E-state index is 5.47. The largest absolute Gasteiger partial charge is 0.330 e. The summed E-state index contributed by atoms with van der Waals surface area (Å²) in [6.45, 7) is 1.79. The van der Waals surface area contributed by atoms with E-state index in [-0.39, 0.29) is 0 Å². The minimum absolute atomic E-state index is 0.670. The molecule has 0 saturated heterocycles. The Morgan fingerprint density at radius 3 is 2.42 bits per heavy atom. The number of thiocarbonyl (C=S) groups is 2. The molecule has 0 radical (unpaired) electrons. The van der Waals surface area contributed by atoms with Gasteiger partial charge in [-0.2, -0.15) is 0 Å². The minimum Gasteiger partial charge on any atom is -0.330 e. The summed E-state index contributed by atoms with van der Waals surface area (Å²) in [6, 6.07) is 3.81. The van der Waals surface area contributed by atoms with Crippen molar-refractivity contribution in [2.24, 2.45) is 4.99 Å². The van der Waals surface area contributed by atoms with Crippen LogP contribution in [0.4, 0.5) is 5.69 Å². The van der Waals surface area contributed by atoms with Gasteiger partial charge in [-0.1, -0.05) is 30.4 Å². The van der Waals surface area contributed by atoms with E-state index in [9.17, 15) is 0 Å². The van der Waals surface area contributed by atoms with Crippen LogP contribution in [-0.4, -0.2) is 45.9 Å². The van der Waals surface area contributed by atoms with Gasteiger partial charge in [0.2, 0.25) is 0 Å². The lowest BCUT2D eigenvalue weighted by Crippen LogP contribution is -2.23. The molecule has 0 aliphatic heterocycles. The average Bonchev–Trinajstić information content (AvgIpc) is 2.62. The molecule has 0 atom stereocenters. The third-order valence-electron chi connectivity index (χ3n) is 2.78. The van der Waals surface area contributed by atoms with Crippen molar-refractivity contribution >= 4 is 66.6 Å². The molecule has 0 fully saturated rings. The lowest BCUT2D eigenvalue weighted by Gasteiger charge is -2.21. The molecule has 126 valence electrons. The predicted octanol–water partition coefficient (Wildman–Crippen LogP) is 4.01. The van der Waals surface area contributed by atoms with Crippen LogP contribution in [0.5, 0.6) is 0 Å². The summed E-state index contributed by atoms with van der Waals surface area (Å²) >= 11 is 10.9. The lowest BCUT2D eigenvalue weighted by atomic mass is 10.4. The first-order valence-corrected chi connectivity index (χ1v) is 9.83. The van der Waals surface area contributed by atoms with Crippen LogP contribution in [0.2, 0.25) is 0 Å². The number of pyridine rings is 1. The third-order valence-corrected chi connectivity index (χ3v) is 6.57. The van der Waals surface area contributed by atoms with Crippen LogP contribution in [-0.2, 0) is 0 Å². The monoisotopic (exact) mass is 394 g/mol. The highest BCUT2D eigenvalue weighted by Crippen LogP contribution is 2.30. The van der Waals surface area contributed by atoms with Crippen molar-refractivity contribution in [3.63, 3.8) is 0 Å². The Labute approximate surface area is 162 Å². The highest BCUT2D eigenvalue weighted by Gasteiger charge is 2.13. The molecular formula is C16H18N4S4. The van der Waals surface area contributed by atoms with E-state index in [1.807, 2.05) is 42.1 Å². The Morgan fingerprint density at radius 2 is 1.83 bits per heavy atom. The fourth-order valence-electron chi connectivity index (χ4n) is 1.47. The van der Waals surface area contributed by atoms with E-state index in [1.165, 1.54) is 21.6 Å². The van der Waals surface area contributed by atoms with Gasteiger partial charge in [-0.25, -0.2) is 0 Å². The van der Waals surface area contributed by atoms with Crippen LogP contribution < -0.4 is 4.90 Å². The van der Waals surface area contributed by atoms with Gasteiger partial charge in [0.1, 0.15) is 0 Å². The second-order valence-corrected chi connectivity index (χ2v) is 7.75. The summed E-state index contributed by atoms with van der Waals surface area (Å²) in [5.41, 5.74) is 1.77. The molecule has 0 spiro atoms. The van der Waals surface area contributed by atoms with Gasteiger partial charge in [0.05, 0.1) is 5.70 Å². The highest BCUT2D eigenvalue weighted by atomic mass is 33.1. The Balaban J connectivity index is 2.66. The zero-order valence-electron chi connectivity index (χ0n) is 13.9. The normalized spacial score (nSPS) is 10.9. The number of aromatic nitrogens is 1. The molecule has 0 N–H and O–H groups in total. The van der Waals surface area contributed by atoms with Crippen LogP contribution in [0.3, 0.4) is 0 Å². The van der Waals surface area contributed by atoms with Crippen LogP contribution in [0.15, 0.2) is 41.3 Å². The summed E-state index contributed by atoms with van der Waals surface area (Å²) < 4.78 is 1.38. The van der Waals surface area contributed by atoms with E-state index in [1.54, 1.807) is 32.6 Å². The molecule has 0 aliphatic rings. The number of rotatable bonds is 3. The molecule has 0 bridgehead atoms. The molecule has 1 aromatic heterocycles. The number of anilines is 1.